The van der Waals surface area contributed by atoms with Crippen molar-refractivity contribution in [1.82, 2.24) is 9.47 Å². The van der Waals surface area contributed by atoms with Gasteiger partial charge in [-0.3, -0.25) is 14.5 Å². The summed E-state index contributed by atoms with van der Waals surface area (Å²) in [4.78, 5) is 25.9. The topological polar surface area (TPSA) is 42.3 Å². The molecular weight excluding hydrogens is 375 g/mol. The number of benzene rings is 2. The van der Waals surface area contributed by atoms with Gasteiger partial charge in [0.2, 0.25) is 0 Å². The number of hydrogen-bond acceptors (Lipinski definition) is 3. The van der Waals surface area contributed by atoms with Crippen molar-refractivity contribution in [3.8, 4) is 0 Å². The molecule has 0 atom stereocenters. The molecule has 0 spiro atoms. The maximum Gasteiger partial charge on any atom is 0.293 e. The van der Waals surface area contributed by atoms with Gasteiger partial charge in [0, 0.05) is 30.2 Å². The van der Waals surface area contributed by atoms with E-state index in [1.807, 2.05) is 41.1 Å². The van der Waals surface area contributed by atoms with Gasteiger partial charge in [-0.25, -0.2) is 4.39 Å². The van der Waals surface area contributed by atoms with Crippen molar-refractivity contribution in [2.24, 2.45) is 0 Å². The summed E-state index contributed by atoms with van der Waals surface area (Å²) in [5.74, 6) is -0.541. The highest BCUT2D eigenvalue weighted by Crippen LogP contribution is 2.32. The van der Waals surface area contributed by atoms with Gasteiger partial charge < -0.3 is 4.57 Å². The second kappa shape index (κ2) is 7.48. The Balaban J connectivity index is 1.60. The van der Waals surface area contributed by atoms with Crippen LogP contribution in [0, 0.1) is 5.82 Å². The fraction of sp³-hybridized carbons (Fsp3) is 0.0909. The van der Waals surface area contributed by atoms with Crippen LogP contribution in [0.3, 0.4) is 0 Å². The molecule has 2 amide bonds. The van der Waals surface area contributed by atoms with E-state index in [0.717, 1.165) is 33.8 Å². The molecule has 0 N–H and O–H groups in total. The number of carbonyl (C=O) groups is 2. The summed E-state index contributed by atoms with van der Waals surface area (Å²) in [5, 5.41) is 0.731. The van der Waals surface area contributed by atoms with Crippen molar-refractivity contribution in [2.75, 3.05) is 6.54 Å². The molecule has 0 radical (unpaired) electrons. The molecule has 2 heterocycles. The zero-order valence-electron chi connectivity index (χ0n) is 15.0. The molecule has 0 bridgehead atoms. The minimum atomic E-state index is -0.293. The molecule has 1 aliphatic rings. The number of nitrogens with zero attached hydrogens (tertiary/aromatic N) is 2. The number of aromatic nitrogens is 1. The monoisotopic (exact) mass is 392 g/mol. The third-order valence-electron chi connectivity index (χ3n) is 4.52. The summed E-state index contributed by atoms with van der Waals surface area (Å²) in [5.41, 5.74) is 2.75. The first kappa shape index (κ1) is 18.3. The predicted molar refractivity (Wildman–Crippen MR) is 110 cm³/mol. The molecule has 1 aliphatic heterocycles. The number of amides is 2. The van der Waals surface area contributed by atoms with Crippen LogP contribution in [-0.4, -0.2) is 27.2 Å². The normalized spacial score (nSPS) is 15.8. The van der Waals surface area contributed by atoms with Gasteiger partial charge in [-0.2, -0.15) is 0 Å². The lowest BCUT2D eigenvalue weighted by Gasteiger charge is -2.08. The highest BCUT2D eigenvalue weighted by molar-refractivity contribution is 8.18. The molecular formula is C22H17FN2O2S. The van der Waals surface area contributed by atoms with Crippen LogP contribution in [0.4, 0.5) is 9.18 Å². The first-order chi connectivity index (χ1) is 13.5. The fourth-order valence-electron chi connectivity index (χ4n) is 3.22. The van der Waals surface area contributed by atoms with E-state index in [0.29, 0.717) is 11.4 Å². The average Bonchev–Trinajstić information content (AvgIpc) is 3.18. The maximum atomic E-state index is 13.4. The Kier molecular flexibility index (Phi) is 4.88. The molecule has 140 valence electrons. The molecule has 0 unspecified atom stereocenters. The number of hydrogen-bond donors (Lipinski definition) is 0. The molecule has 3 aromatic rings. The van der Waals surface area contributed by atoms with Crippen LogP contribution < -0.4 is 0 Å². The van der Waals surface area contributed by atoms with Crippen LogP contribution in [0.2, 0.25) is 0 Å². The van der Waals surface area contributed by atoms with E-state index in [9.17, 15) is 14.0 Å². The highest BCUT2D eigenvalue weighted by atomic mass is 32.2. The van der Waals surface area contributed by atoms with Crippen LogP contribution >= 0.6 is 11.8 Å². The Labute approximate surface area is 165 Å². The van der Waals surface area contributed by atoms with Crippen LogP contribution in [-0.2, 0) is 11.3 Å². The van der Waals surface area contributed by atoms with Gasteiger partial charge in [-0.05, 0) is 59.3 Å². The third kappa shape index (κ3) is 3.51. The predicted octanol–water partition coefficient (Wildman–Crippen LogP) is 5.05. The Bertz CT molecular complexity index is 1130. The van der Waals surface area contributed by atoms with Crippen LogP contribution in [0.1, 0.15) is 11.1 Å². The Morgan fingerprint density at radius 2 is 1.96 bits per heavy atom. The summed E-state index contributed by atoms with van der Waals surface area (Å²) in [6.07, 6.45) is 5.22. The number of thioether (sulfide) groups is 1. The number of rotatable bonds is 5. The van der Waals surface area contributed by atoms with Gasteiger partial charge in [0.1, 0.15) is 5.82 Å². The van der Waals surface area contributed by atoms with Crippen LogP contribution in [0.5, 0.6) is 0 Å². The van der Waals surface area contributed by atoms with Crippen molar-refractivity contribution in [3.63, 3.8) is 0 Å². The molecule has 4 nitrogen and oxygen atoms in total. The third-order valence-corrected chi connectivity index (χ3v) is 5.43. The van der Waals surface area contributed by atoms with Gasteiger partial charge in [0.05, 0.1) is 4.91 Å². The van der Waals surface area contributed by atoms with Crippen LogP contribution in [0.15, 0.2) is 72.3 Å². The van der Waals surface area contributed by atoms with Crippen molar-refractivity contribution in [3.05, 3.63) is 89.2 Å². The van der Waals surface area contributed by atoms with Gasteiger partial charge in [0.15, 0.2) is 0 Å². The van der Waals surface area contributed by atoms with E-state index in [1.54, 1.807) is 12.1 Å². The average molecular weight is 392 g/mol. The van der Waals surface area contributed by atoms with Crippen molar-refractivity contribution >= 4 is 39.9 Å². The number of carbonyl (C=O) groups excluding carboxylic acids is 2. The minimum Gasteiger partial charge on any atom is -0.343 e. The molecule has 1 fully saturated rings. The van der Waals surface area contributed by atoms with E-state index in [-0.39, 0.29) is 23.5 Å². The second-order valence-corrected chi connectivity index (χ2v) is 7.47. The molecule has 1 aromatic heterocycles. The quantitative estimate of drug-likeness (QED) is 0.451. The Morgan fingerprint density at radius 3 is 2.75 bits per heavy atom. The zero-order valence-corrected chi connectivity index (χ0v) is 15.8. The van der Waals surface area contributed by atoms with Crippen molar-refractivity contribution in [1.29, 1.82) is 0 Å². The van der Waals surface area contributed by atoms with Gasteiger partial charge in [0.25, 0.3) is 11.1 Å². The molecule has 1 saturated heterocycles. The standard InChI is InChI=1S/C22H17FN2O2S/c1-2-9-25-21(26)20(28-22(25)27)13-15-6-7-19-17(11-15)8-10-24(19)14-16-4-3-5-18(23)12-16/h2-8,10-13H,1,9,14H2/b20-13+. The van der Waals surface area contributed by atoms with Crippen molar-refractivity contribution in [2.45, 2.75) is 6.54 Å². The maximum absolute atomic E-state index is 13.4. The first-order valence-corrected chi connectivity index (χ1v) is 9.56. The number of halogens is 1. The largest absolute Gasteiger partial charge is 0.343 e. The van der Waals surface area contributed by atoms with E-state index in [1.165, 1.54) is 23.1 Å². The molecule has 6 heteroatoms. The second-order valence-electron chi connectivity index (χ2n) is 6.47. The zero-order chi connectivity index (χ0) is 19.7. The minimum absolute atomic E-state index is 0.212. The van der Waals surface area contributed by atoms with E-state index < -0.39 is 0 Å². The summed E-state index contributed by atoms with van der Waals surface area (Å²) < 4.78 is 15.5. The number of fused-ring (bicyclic) bond motifs is 1. The SMILES string of the molecule is C=CCN1C(=O)S/C(=C/c2ccc3c(ccn3Cc3cccc(F)c3)c2)C1=O. The molecule has 0 saturated carbocycles. The Morgan fingerprint density at radius 1 is 1.11 bits per heavy atom. The molecule has 4 rings (SSSR count). The van der Waals surface area contributed by atoms with Gasteiger partial charge in [-0.15, -0.1) is 6.58 Å². The van der Waals surface area contributed by atoms with Gasteiger partial charge in [-0.1, -0.05) is 24.3 Å². The summed E-state index contributed by atoms with van der Waals surface area (Å²) in [7, 11) is 0. The van der Waals surface area contributed by atoms with Gasteiger partial charge >= 0.3 is 0 Å². The lowest BCUT2D eigenvalue weighted by molar-refractivity contribution is -0.122. The number of imide groups is 1. The highest BCUT2D eigenvalue weighted by Gasteiger charge is 2.33. The van der Waals surface area contributed by atoms with E-state index in [2.05, 4.69) is 6.58 Å². The van der Waals surface area contributed by atoms with E-state index in [4.69, 9.17) is 0 Å². The smallest absolute Gasteiger partial charge is 0.293 e. The lowest BCUT2D eigenvalue weighted by atomic mass is 10.1. The van der Waals surface area contributed by atoms with Crippen molar-refractivity contribution < 1.29 is 14.0 Å². The van der Waals surface area contributed by atoms with Crippen LogP contribution in [0.25, 0.3) is 17.0 Å². The summed E-state index contributed by atoms with van der Waals surface area (Å²) >= 11 is 0.940. The lowest BCUT2D eigenvalue weighted by Crippen LogP contribution is -2.27. The first-order valence-electron chi connectivity index (χ1n) is 8.75. The summed E-state index contributed by atoms with van der Waals surface area (Å²) in [6.45, 7) is 4.36. The fourth-order valence-corrected chi connectivity index (χ4v) is 4.06. The molecule has 2 aromatic carbocycles. The Hall–Kier alpha value is -3.12. The molecule has 28 heavy (non-hydrogen) atoms. The summed E-state index contributed by atoms with van der Waals surface area (Å²) in [6, 6.07) is 14.4. The van der Waals surface area contributed by atoms with E-state index >= 15 is 0 Å². The molecule has 0 aliphatic carbocycles.